The summed E-state index contributed by atoms with van der Waals surface area (Å²) in [5.74, 6) is 1.96. The van der Waals surface area contributed by atoms with E-state index in [2.05, 4.69) is 16.0 Å². The summed E-state index contributed by atoms with van der Waals surface area (Å²) in [6.07, 6.45) is 12.8. The lowest BCUT2D eigenvalue weighted by molar-refractivity contribution is 0.223. The lowest BCUT2D eigenvalue weighted by atomic mass is 9.75. The summed E-state index contributed by atoms with van der Waals surface area (Å²) in [4.78, 5) is 8.71. The van der Waals surface area contributed by atoms with Crippen molar-refractivity contribution < 1.29 is 0 Å². The van der Waals surface area contributed by atoms with E-state index in [-0.39, 0.29) is 0 Å². The van der Waals surface area contributed by atoms with Gasteiger partial charge in [0.2, 0.25) is 0 Å². The molecule has 2 aliphatic carbocycles. The van der Waals surface area contributed by atoms with Crippen LogP contribution in [0.5, 0.6) is 0 Å². The van der Waals surface area contributed by atoms with Crippen LogP contribution in [0.2, 0.25) is 0 Å². The molecule has 3 aliphatic rings. The molecule has 88 valence electrons. The molecule has 1 aliphatic heterocycles. The Kier molecular flexibility index (Phi) is 3.10. The molecule has 2 nitrogen and oxygen atoms in total. The molecule has 0 aromatic rings. The molecule has 0 saturated heterocycles. The molecule has 0 aromatic heterocycles. The fourth-order valence-electron chi connectivity index (χ4n) is 3.79. The summed E-state index contributed by atoms with van der Waals surface area (Å²) in [6.45, 7) is 0. The van der Waals surface area contributed by atoms with Gasteiger partial charge in [-0.15, -0.1) is 0 Å². The molecule has 16 heavy (non-hydrogen) atoms. The molecule has 0 bridgehead atoms. The maximum absolute atomic E-state index is 4.38. The van der Waals surface area contributed by atoms with Crippen LogP contribution in [0.15, 0.2) is 9.98 Å². The minimum absolute atomic E-state index is 0.502. The van der Waals surface area contributed by atoms with Gasteiger partial charge >= 0.3 is 0 Å². The largest absolute Gasteiger partial charge is 0.220 e. The van der Waals surface area contributed by atoms with E-state index in [1.807, 2.05) is 0 Å². The molecule has 0 spiro atoms. The highest BCUT2D eigenvalue weighted by atomic mass is 15.0. The molecular formula is C14H22N2. The van der Waals surface area contributed by atoms with E-state index in [0.29, 0.717) is 12.1 Å². The Hall–Kier alpha value is -0.620. The summed E-state index contributed by atoms with van der Waals surface area (Å²) < 4.78 is 0. The molecule has 0 radical (unpaired) electrons. The quantitative estimate of drug-likeness (QED) is 0.675. The lowest BCUT2D eigenvalue weighted by Crippen LogP contribution is -2.30. The lowest BCUT2D eigenvalue weighted by Gasteiger charge is -2.32. The van der Waals surface area contributed by atoms with Crippen molar-refractivity contribution in [1.29, 1.82) is 0 Å². The number of hydrogen-bond acceptors (Lipinski definition) is 2. The third-order valence-electron chi connectivity index (χ3n) is 4.73. The number of rotatable bonds is 2. The van der Waals surface area contributed by atoms with Gasteiger partial charge in [0.1, 0.15) is 0 Å². The second kappa shape index (κ2) is 4.71. The molecule has 3 atom stereocenters. The van der Waals surface area contributed by atoms with E-state index in [0.717, 1.165) is 11.8 Å². The molecule has 0 amide bonds. The molecule has 2 fully saturated rings. The first-order valence-corrected chi connectivity index (χ1v) is 7.06. The molecule has 2 saturated carbocycles. The highest BCUT2D eigenvalue weighted by Gasteiger charge is 2.33. The van der Waals surface area contributed by atoms with Gasteiger partial charge in [0.05, 0.1) is 18.1 Å². The fraction of sp³-hybridized carbons (Fsp3) is 0.929. The van der Waals surface area contributed by atoms with Crippen LogP contribution >= 0.6 is 0 Å². The third kappa shape index (κ3) is 2.22. The van der Waals surface area contributed by atoms with E-state index in [9.17, 15) is 0 Å². The molecular weight excluding hydrogens is 196 g/mol. The van der Waals surface area contributed by atoms with Crippen LogP contribution in [0.3, 0.4) is 0 Å². The van der Waals surface area contributed by atoms with Crippen molar-refractivity contribution in [3.8, 4) is 0 Å². The first kappa shape index (κ1) is 10.5. The van der Waals surface area contributed by atoms with Gasteiger partial charge < -0.3 is 0 Å². The SMILES string of the molecule is C1=NC2CCC(CC3CCCCC3)CC2N=1. The van der Waals surface area contributed by atoms with Gasteiger partial charge in [0.15, 0.2) is 0 Å². The molecule has 3 rings (SSSR count). The Bertz CT molecular complexity index is 298. The summed E-state index contributed by atoms with van der Waals surface area (Å²) in [5.41, 5.74) is 0. The fourth-order valence-corrected chi connectivity index (χ4v) is 3.79. The Balaban J connectivity index is 1.50. The van der Waals surface area contributed by atoms with E-state index >= 15 is 0 Å². The zero-order chi connectivity index (χ0) is 10.8. The van der Waals surface area contributed by atoms with Gasteiger partial charge in [-0.05, 0) is 37.5 Å². The van der Waals surface area contributed by atoms with Crippen molar-refractivity contribution >= 4 is 6.01 Å². The number of nitrogens with zero attached hydrogens (tertiary/aromatic N) is 2. The Morgan fingerprint density at radius 1 is 0.812 bits per heavy atom. The summed E-state index contributed by atoms with van der Waals surface area (Å²) in [5, 5.41) is 0. The summed E-state index contributed by atoms with van der Waals surface area (Å²) in [7, 11) is 0. The molecule has 2 heteroatoms. The summed E-state index contributed by atoms with van der Waals surface area (Å²) in [6, 6.07) is 3.84. The highest BCUT2D eigenvalue weighted by molar-refractivity contribution is 5.45. The Morgan fingerprint density at radius 2 is 1.62 bits per heavy atom. The molecule has 3 unspecified atom stereocenters. The second-order valence-electron chi connectivity index (χ2n) is 5.91. The second-order valence-corrected chi connectivity index (χ2v) is 5.91. The van der Waals surface area contributed by atoms with E-state index < -0.39 is 0 Å². The monoisotopic (exact) mass is 218 g/mol. The highest BCUT2D eigenvalue weighted by Crippen LogP contribution is 2.37. The van der Waals surface area contributed by atoms with Crippen LogP contribution in [0.1, 0.15) is 57.8 Å². The van der Waals surface area contributed by atoms with E-state index in [1.165, 1.54) is 57.8 Å². The van der Waals surface area contributed by atoms with Crippen LogP contribution in [0.25, 0.3) is 0 Å². The normalized spacial score (nSPS) is 38.9. The van der Waals surface area contributed by atoms with Crippen LogP contribution in [0, 0.1) is 11.8 Å². The zero-order valence-electron chi connectivity index (χ0n) is 10.1. The average Bonchev–Trinajstić information content (AvgIpc) is 2.77. The van der Waals surface area contributed by atoms with Gasteiger partial charge in [-0.2, -0.15) is 0 Å². The minimum atomic E-state index is 0.502. The predicted molar refractivity (Wildman–Crippen MR) is 66.0 cm³/mol. The smallest absolute Gasteiger partial charge is 0.0899 e. The van der Waals surface area contributed by atoms with Crippen LogP contribution in [-0.4, -0.2) is 18.1 Å². The zero-order valence-corrected chi connectivity index (χ0v) is 10.1. The maximum atomic E-state index is 4.38. The van der Waals surface area contributed by atoms with Crippen molar-refractivity contribution in [3.63, 3.8) is 0 Å². The number of hydrogen-bond donors (Lipinski definition) is 0. The van der Waals surface area contributed by atoms with Crippen molar-refractivity contribution in [2.45, 2.75) is 69.9 Å². The molecule has 0 aromatic carbocycles. The van der Waals surface area contributed by atoms with E-state index in [4.69, 9.17) is 0 Å². The van der Waals surface area contributed by atoms with Crippen LogP contribution in [-0.2, 0) is 0 Å². The number of aliphatic imine (C=N–C) groups is 2. The van der Waals surface area contributed by atoms with Crippen LogP contribution < -0.4 is 0 Å². The first-order valence-electron chi connectivity index (χ1n) is 7.06. The third-order valence-corrected chi connectivity index (χ3v) is 4.73. The average molecular weight is 218 g/mol. The standard InChI is InChI=1S/C14H22N2/c1-2-4-11(5-3-1)8-12-6-7-13-14(9-12)16-10-15-13/h11-14H,1-9H2. The van der Waals surface area contributed by atoms with Gasteiger partial charge in [0.25, 0.3) is 0 Å². The Morgan fingerprint density at radius 3 is 2.50 bits per heavy atom. The van der Waals surface area contributed by atoms with Crippen molar-refractivity contribution in [3.05, 3.63) is 0 Å². The van der Waals surface area contributed by atoms with Crippen molar-refractivity contribution in [2.75, 3.05) is 0 Å². The van der Waals surface area contributed by atoms with Gasteiger partial charge in [-0.3, -0.25) is 0 Å². The van der Waals surface area contributed by atoms with Crippen LogP contribution in [0.4, 0.5) is 0 Å². The predicted octanol–water partition coefficient (Wildman–Crippen LogP) is 3.68. The van der Waals surface area contributed by atoms with Gasteiger partial charge in [0, 0.05) is 0 Å². The minimum Gasteiger partial charge on any atom is -0.220 e. The first-order chi connectivity index (χ1) is 7.92. The molecule has 0 N–H and O–H groups in total. The topological polar surface area (TPSA) is 24.7 Å². The Labute approximate surface area is 98.3 Å². The maximum Gasteiger partial charge on any atom is 0.0899 e. The van der Waals surface area contributed by atoms with Crippen molar-refractivity contribution in [1.82, 2.24) is 0 Å². The van der Waals surface area contributed by atoms with E-state index in [1.54, 1.807) is 0 Å². The van der Waals surface area contributed by atoms with Gasteiger partial charge in [-0.1, -0.05) is 32.1 Å². The van der Waals surface area contributed by atoms with Gasteiger partial charge in [-0.25, -0.2) is 9.98 Å². The summed E-state index contributed by atoms with van der Waals surface area (Å²) >= 11 is 0. The number of fused-ring (bicyclic) bond motifs is 1. The van der Waals surface area contributed by atoms with Crippen molar-refractivity contribution in [2.24, 2.45) is 21.8 Å². The molecule has 1 heterocycles.